The van der Waals surface area contributed by atoms with Gasteiger partial charge >= 0.3 is 0 Å². The zero-order valence-corrected chi connectivity index (χ0v) is 10.9. The van der Waals surface area contributed by atoms with E-state index in [-0.39, 0.29) is 6.04 Å². The molecule has 1 atom stereocenters. The predicted octanol–water partition coefficient (Wildman–Crippen LogP) is 1.17. The van der Waals surface area contributed by atoms with E-state index in [0.717, 1.165) is 12.2 Å². The van der Waals surface area contributed by atoms with Crippen LogP contribution in [0.4, 0.5) is 0 Å². The summed E-state index contributed by atoms with van der Waals surface area (Å²) >= 11 is 0. The van der Waals surface area contributed by atoms with E-state index in [9.17, 15) is 5.11 Å². The number of nitrogens with zero attached hydrogens (tertiary/aromatic N) is 2. The van der Waals surface area contributed by atoms with E-state index in [1.807, 2.05) is 32.0 Å². The van der Waals surface area contributed by atoms with Crippen LogP contribution in [0.15, 0.2) is 24.4 Å². The Bertz CT molecular complexity index is 321. The van der Waals surface area contributed by atoms with Crippen LogP contribution in [0, 0.1) is 0 Å². The first-order valence-corrected chi connectivity index (χ1v) is 6.05. The smallest absolute Gasteiger partial charge is 0.0718 e. The lowest BCUT2D eigenvalue weighted by Crippen LogP contribution is -2.43. The van der Waals surface area contributed by atoms with Crippen LogP contribution in [0.25, 0.3) is 0 Å². The van der Waals surface area contributed by atoms with Gasteiger partial charge in [-0.25, -0.2) is 0 Å². The highest BCUT2D eigenvalue weighted by Gasteiger charge is 2.24. The Balaban J connectivity index is 2.84. The van der Waals surface area contributed by atoms with Crippen molar-refractivity contribution in [1.82, 2.24) is 9.88 Å². The minimum Gasteiger partial charge on any atom is -0.389 e. The molecule has 0 bridgehead atoms. The number of aliphatic hydroxyl groups is 1. The monoisotopic (exact) mass is 237 g/mol. The van der Waals surface area contributed by atoms with Gasteiger partial charge < -0.3 is 10.8 Å². The Kier molecular flexibility index (Phi) is 5.05. The summed E-state index contributed by atoms with van der Waals surface area (Å²) in [4.78, 5) is 6.50. The molecule has 1 aromatic heterocycles. The molecule has 1 aromatic rings. The van der Waals surface area contributed by atoms with Crippen LogP contribution in [0.3, 0.4) is 0 Å². The SMILES string of the molecule is CCN(CC(C)(C)O)C(CN)c1ccccn1. The van der Waals surface area contributed by atoms with Crippen molar-refractivity contribution in [2.24, 2.45) is 5.73 Å². The van der Waals surface area contributed by atoms with Crippen LogP contribution in [-0.2, 0) is 0 Å². The maximum Gasteiger partial charge on any atom is 0.0718 e. The molecule has 0 spiro atoms. The molecule has 1 heterocycles. The normalized spacial score (nSPS) is 14.0. The number of rotatable bonds is 6. The average Bonchev–Trinajstić information content (AvgIpc) is 2.28. The van der Waals surface area contributed by atoms with Crippen LogP contribution >= 0.6 is 0 Å². The third-order valence-corrected chi connectivity index (χ3v) is 2.69. The second-order valence-electron chi connectivity index (χ2n) is 4.88. The summed E-state index contributed by atoms with van der Waals surface area (Å²) in [7, 11) is 0. The van der Waals surface area contributed by atoms with Crippen molar-refractivity contribution in [3.05, 3.63) is 30.1 Å². The fraction of sp³-hybridized carbons (Fsp3) is 0.615. The molecule has 0 saturated heterocycles. The summed E-state index contributed by atoms with van der Waals surface area (Å²) in [6.45, 7) is 7.60. The number of aromatic nitrogens is 1. The lowest BCUT2D eigenvalue weighted by Gasteiger charge is -2.33. The zero-order chi connectivity index (χ0) is 12.9. The molecule has 3 N–H and O–H groups in total. The third-order valence-electron chi connectivity index (χ3n) is 2.69. The van der Waals surface area contributed by atoms with E-state index in [4.69, 9.17) is 5.73 Å². The molecule has 0 saturated carbocycles. The Morgan fingerprint density at radius 1 is 1.47 bits per heavy atom. The molecule has 17 heavy (non-hydrogen) atoms. The molecular formula is C13H23N3O. The number of likely N-dealkylation sites (N-methyl/N-ethyl adjacent to an activating group) is 1. The van der Waals surface area contributed by atoms with Crippen molar-refractivity contribution >= 4 is 0 Å². The van der Waals surface area contributed by atoms with E-state index >= 15 is 0 Å². The molecule has 0 fully saturated rings. The second kappa shape index (κ2) is 6.10. The Hall–Kier alpha value is -0.970. The summed E-state index contributed by atoms with van der Waals surface area (Å²) in [5, 5.41) is 9.91. The summed E-state index contributed by atoms with van der Waals surface area (Å²) in [5.41, 5.74) is 6.07. The Morgan fingerprint density at radius 2 is 2.18 bits per heavy atom. The van der Waals surface area contributed by atoms with Gasteiger partial charge in [-0.15, -0.1) is 0 Å². The van der Waals surface area contributed by atoms with E-state index in [1.54, 1.807) is 6.20 Å². The standard InChI is InChI=1S/C13H23N3O/c1-4-16(10-13(2,3)17)12(9-14)11-7-5-6-8-15-11/h5-8,12,17H,4,9-10,14H2,1-3H3. The fourth-order valence-electron chi connectivity index (χ4n) is 1.97. The first kappa shape index (κ1) is 14.1. The van der Waals surface area contributed by atoms with Gasteiger partial charge in [0.05, 0.1) is 17.3 Å². The van der Waals surface area contributed by atoms with Gasteiger partial charge in [0.15, 0.2) is 0 Å². The lowest BCUT2D eigenvalue weighted by molar-refractivity contribution is 0.0228. The summed E-state index contributed by atoms with van der Waals surface area (Å²) < 4.78 is 0. The second-order valence-corrected chi connectivity index (χ2v) is 4.88. The molecule has 0 aliphatic rings. The van der Waals surface area contributed by atoms with E-state index in [0.29, 0.717) is 13.1 Å². The van der Waals surface area contributed by atoms with Crippen LogP contribution in [-0.4, -0.2) is 40.2 Å². The van der Waals surface area contributed by atoms with Crippen molar-refractivity contribution in [1.29, 1.82) is 0 Å². The summed E-state index contributed by atoms with van der Waals surface area (Å²) in [6.07, 6.45) is 1.77. The van der Waals surface area contributed by atoms with Gasteiger partial charge in [-0.05, 0) is 32.5 Å². The maximum atomic E-state index is 9.91. The largest absolute Gasteiger partial charge is 0.389 e. The van der Waals surface area contributed by atoms with Gasteiger partial charge in [-0.1, -0.05) is 13.0 Å². The maximum absolute atomic E-state index is 9.91. The average molecular weight is 237 g/mol. The topological polar surface area (TPSA) is 62.4 Å². The quantitative estimate of drug-likeness (QED) is 0.780. The highest BCUT2D eigenvalue weighted by molar-refractivity contribution is 5.09. The fourth-order valence-corrected chi connectivity index (χ4v) is 1.97. The van der Waals surface area contributed by atoms with Crippen molar-refractivity contribution in [2.45, 2.75) is 32.4 Å². The molecule has 96 valence electrons. The van der Waals surface area contributed by atoms with Crippen LogP contribution in [0.2, 0.25) is 0 Å². The first-order chi connectivity index (χ1) is 7.98. The molecule has 1 rings (SSSR count). The Labute approximate surface area is 103 Å². The minimum atomic E-state index is -0.724. The molecule has 4 nitrogen and oxygen atoms in total. The molecule has 0 amide bonds. The minimum absolute atomic E-state index is 0.0626. The van der Waals surface area contributed by atoms with Crippen LogP contribution in [0.5, 0.6) is 0 Å². The zero-order valence-electron chi connectivity index (χ0n) is 10.9. The van der Waals surface area contributed by atoms with Gasteiger partial charge in [-0.3, -0.25) is 9.88 Å². The van der Waals surface area contributed by atoms with Gasteiger partial charge in [0, 0.05) is 19.3 Å². The molecule has 0 aliphatic heterocycles. The number of nitrogens with two attached hydrogens (primary N) is 1. The molecule has 0 aromatic carbocycles. The van der Waals surface area contributed by atoms with Crippen LogP contribution < -0.4 is 5.73 Å². The Morgan fingerprint density at radius 3 is 2.59 bits per heavy atom. The molecule has 4 heteroatoms. The summed E-state index contributed by atoms with van der Waals surface area (Å²) in [6, 6.07) is 5.89. The van der Waals surface area contributed by atoms with Gasteiger partial charge in [0.2, 0.25) is 0 Å². The molecule has 0 radical (unpaired) electrons. The lowest BCUT2D eigenvalue weighted by atomic mass is 10.1. The molecule has 1 unspecified atom stereocenters. The van der Waals surface area contributed by atoms with Gasteiger partial charge in [0.25, 0.3) is 0 Å². The highest BCUT2D eigenvalue weighted by Crippen LogP contribution is 2.19. The number of pyridine rings is 1. The van der Waals surface area contributed by atoms with Crippen LogP contribution in [0.1, 0.15) is 32.5 Å². The molecule has 0 aliphatic carbocycles. The van der Waals surface area contributed by atoms with Gasteiger partial charge in [-0.2, -0.15) is 0 Å². The van der Waals surface area contributed by atoms with Gasteiger partial charge in [0.1, 0.15) is 0 Å². The van der Waals surface area contributed by atoms with Crippen molar-refractivity contribution in [2.75, 3.05) is 19.6 Å². The molecular weight excluding hydrogens is 214 g/mol. The predicted molar refractivity (Wildman–Crippen MR) is 69.6 cm³/mol. The van der Waals surface area contributed by atoms with E-state index < -0.39 is 5.60 Å². The van der Waals surface area contributed by atoms with E-state index in [1.165, 1.54) is 0 Å². The van der Waals surface area contributed by atoms with Crippen molar-refractivity contribution < 1.29 is 5.11 Å². The highest BCUT2D eigenvalue weighted by atomic mass is 16.3. The number of hydrogen-bond donors (Lipinski definition) is 2. The van der Waals surface area contributed by atoms with Crippen molar-refractivity contribution in [3.8, 4) is 0 Å². The number of hydrogen-bond acceptors (Lipinski definition) is 4. The summed E-state index contributed by atoms with van der Waals surface area (Å²) in [5.74, 6) is 0. The van der Waals surface area contributed by atoms with E-state index in [2.05, 4.69) is 16.8 Å². The third kappa shape index (κ3) is 4.42. The van der Waals surface area contributed by atoms with Crippen molar-refractivity contribution in [3.63, 3.8) is 0 Å². The first-order valence-electron chi connectivity index (χ1n) is 6.05.